The van der Waals surface area contributed by atoms with Gasteiger partial charge in [0.25, 0.3) is 0 Å². The molecule has 0 saturated heterocycles. The Morgan fingerprint density at radius 3 is 2.67 bits per heavy atom. The zero-order valence-corrected chi connectivity index (χ0v) is 16.6. The number of ether oxygens (including phenoxy) is 1. The maximum Gasteiger partial charge on any atom is 0.247 e. The summed E-state index contributed by atoms with van der Waals surface area (Å²) in [5, 5.41) is 12.5. The molecule has 6 nitrogen and oxygen atoms in total. The molecule has 3 N–H and O–H groups in total. The molecule has 0 bridgehead atoms. The number of aromatic nitrogens is 2. The summed E-state index contributed by atoms with van der Waals surface area (Å²) in [6.07, 6.45) is 4.91. The quantitative estimate of drug-likeness (QED) is 0.680. The number of nitrogens with two attached hydrogens (primary N) is 1. The predicted octanol–water partition coefficient (Wildman–Crippen LogP) is 3.16. The second-order valence-corrected chi connectivity index (χ2v) is 7.82. The number of carbonyl (C=O) groups is 1. The molecular formula is C16H29ClN4O2S. The number of hydrogen-bond acceptors (Lipinski definition) is 6. The minimum Gasteiger partial charge on any atom is -0.378 e. The summed E-state index contributed by atoms with van der Waals surface area (Å²) in [7, 11) is 0. The summed E-state index contributed by atoms with van der Waals surface area (Å²) in [6, 6.07) is 0. The fourth-order valence-electron chi connectivity index (χ4n) is 2.96. The van der Waals surface area contributed by atoms with Crippen molar-refractivity contribution in [3.63, 3.8) is 0 Å². The smallest absolute Gasteiger partial charge is 0.247 e. The normalized spacial score (nSPS) is 24.8. The van der Waals surface area contributed by atoms with Gasteiger partial charge in [-0.2, -0.15) is 0 Å². The lowest BCUT2D eigenvalue weighted by Crippen LogP contribution is -2.74. The van der Waals surface area contributed by atoms with Crippen LogP contribution in [0.1, 0.15) is 58.4 Å². The van der Waals surface area contributed by atoms with Crippen LogP contribution in [0.2, 0.25) is 0 Å². The maximum absolute atomic E-state index is 12.6. The van der Waals surface area contributed by atoms with Gasteiger partial charge in [-0.15, -0.1) is 22.6 Å². The number of nitrogens with one attached hydrogen (secondary N) is 1. The van der Waals surface area contributed by atoms with Gasteiger partial charge in [0.1, 0.15) is 10.5 Å². The molecule has 1 aromatic rings. The highest BCUT2D eigenvalue weighted by molar-refractivity contribution is 7.15. The first-order chi connectivity index (χ1) is 10.8. The summed E-state index contributed by atoms with van der Waals surface area (Å²) in [6.45, 7) is 8.71. The summed E-state index contributed by atoms with van der Waals surface area (Å²) in [5.74, 6) is -0.199. The molecule has 1 amide bonds. The highest BCUT2D eigenvalue weighted by Crippen LogP contribution is 2.50. The van der Waals surface area contributed by atoms with Crippen molar-refractivity contribution in [2.45, 2.75) is 71.4 Å². The van der Waals surface area contributed by atoms with Gasteiger partial charge in [-0.3, -0.25) is 10.1 Å². The summed E-state index contributed by atoms with van der Waals surface area (Å²) in [5.41, 5.74) is 5.03. The topological polar surface area (TPSA) is 90.1 Å². The van der Waals surface area contributed by atoms with Gasteiger partial charge in [0.05, 0.1) is 6.10 Å². The van der Waals surface area contributed by atoms with E-state index >= 15 is 0 Å². The Morgan fingerprint density at radius 2 is 2.08 bits per heavy atom. The Morgan fingerprint density at radius 1 is 1.38 bits per heavy atom. The number of aryl methyl sites for hydroxylation is 1. The Bertz CT molecular complexity index is 552. The van der Waals surface area contributed by atoms with Crippen molar-refractivity contribution in [2.24, 2.45) is 11.1 Å². The molecule has 24 heavy (non-hydrogen) atoms. The van der Waals surface area contributed by atoms with E-state index in [1.54, 1.807) is 0 Å². The van der Waals surface area contributed by atoms with Gasteiger partial charge in [0.15, 0.2) is 0 Å². The Balaban J connectivity index is 0.00000288. The molecule has 1 aromatic heterocycles. The number of unbranched alkanes of at least 4 members (excludes halogenated alkanes) is 2. The molecule has 2 atom stereocenters. The third-order valence-electron chi connectivity index (χ3n) is 4.92. The molecule has 1 heterocycles. The average Bonchev–Trinajstić information content (AvgIpc) is 2.94. The monoisotopic (exact) mass is 376 g/mol. The van der Waals surface area contributed by atoms with Crippen LogP contribution in [0.25, 0.3) is 0 Å². The Kier molecular flexibility index (Phi) is 7.59. The van der Waals surface area contributed by atoms with Gasteiger partial charge in [-0.05, 0) is 13.3 Å². The van der Waals surface area contributed by atoms with Gasteiger partial charge >= 0.3 is 0 Å². The van der Waals surface area contributed by atoms with E-state index in [0.29, 0.717) is 18.2 Å². The third-order valence-corrected chi connectivity index (χ3v) is 5.82. The molecule has 1 aliphatic rings. The summed E-state index contributed by atoms with van der Waals surface area (Å²) >= 11 is 1.43. The summed E-state index contributed by atoms with van der Waals surface area (Å²) < 4.78 is 5.66. The molecular weight excluding hydrogens is 348 g/mol. The van der Waals surface area contributed by atoms with Crippen LogP contribution >= 0.6 is 23.7 Å². The van der Waals surface area contributed by atoms with Crippen LogP contribution in [0, 0.1) is 5.41 Å². The van der Waals surface area contributed by atoms with E-state index in [-0.39, 0.29) is 24.4 Å². The Labute approximate surface area is 154 Å². The molecule has 0 radical (unpaired) electrons. The molecule has 1 saturated carbocycles. The van der Waals surface area contributed by atoms with Gasteiger partial charge < -0.3 is 10.5 Å². The van der Waals surface area contributed by atoms with Crippen molar-refractivity contribution in [1.29, 1.82) is 0 Å². The lowest BCUT2D eigenvalue weighted by atomic mass is 9.54. The number of amides is 1. The number of halogens is 1. The molecule has 0 spiro atoms. The van der Waals surface area contributed by atoms with Crippen molar-refractivity contribution in [3.05, 3.63) is 5.01 Å². The van der Waals surface area contributed by atoms with Crippen molar-refractivity contribution in [3.8, 4) is 0 Å². The van der Waals surface area contributed by atoms with Gasteiger partial charge in [0.2, 0.25) is 11.0 Å². The zero-order valence-electron chi connectivity index (χ0n) is 14.9. The molecule has 138 valence electrons. The van der Waals surface area contributed by atoms with E-state index < -0.39 is 11.0 Å². The van der Waals surface area contributed by atoms with Crippen molar-refractivity contribution < 1.29 is 9.53 Å². The van der Waals surface area contributed by atoms with Crippen LogP contribution in [0.5, 0.6) is 0 Å². The number of hydrogen-bond donors (Lipinski definition) is 2. The molecule has 1 aliphatic carbocycles. The number of nitrogens with zero attached hydrogens (tertiary/aromatic N) is 2. The molecule has 0 aromatic carbocycles. The fraction of sp³-hybridized carbons (Fsp3) is 0.812. The van der Waals surface area contributed by atoms with Crippen LogP contribution in [-0.2, 0) is 16.0 Å². The molecule has 8 heteroatoms. The van der Waals surface area contributed by atoms with E-state index in [9.17, 15) is 4.79 Å². The van der Waals surface area contributed by atoms with Crippen molar-refractivity contribution >= 4 is 34.8 Å². The second-order valence-electron chi connectivity index (χ2n) is 6.75. The highest BCUT2D eigenvalue weighted by atomic mass is 35.5. The standard InChI is InChI=1S/C16H28N4O2S.ClH/c1-5-7-8-9-12-19-20-14(23-12)18-13(21)16(17)10-11(22-6-2)15(16,3)4;/h11H,5-10,17H2,1-4H3,(H,18,20,21);1H. The van der Waals surface area contributed by atoms with Crippen LogP contribution in [-0.4, -0.2) is 34.4 Å². The van der Waals surface area contributed by atoms with E-state index in [4.69, 9.17) is 10.5 Å². The van der Waals surface area contributed by atoms with Crippen molar-refractivity contribution in [2.75, 3.05) is 11.9 Å². The summed E-state index contributed by atoms with van der Waals surface area (Å²) in [4.78, 5) is 12.6. The first-order valence-corrected chi connectivity index (χ1v) is 9.21. The highest BCUT2D eigenvalue weighted by Gasteiger charge is 2.63. The van der Waals surface area contributed by atoms with Crippen LogP contribution in [0.4, 0.5) is 5.13 Å². The minimum absolute atomic E-state index is 0. The molecule has 1 fully saturated rings. The first-order valence-electron chi connectivity index (χ1n) is 8.39. The van der Waals surface area contributed by atoms with Crippen LogP contribution in [0.3, 0.4) is 0 Å². The average molecular weight is 377 g/mol. The number of anilines is 1. The predicted molar refractivity (Wildman–Crippen MR) is 99.7 cm³/mol. The van der Waals surface area contributed by atoms with Gasteiger partial charge in [-0.1, -0.05) is 44.9 Å². The van der Waals surface area contributed by atoms with Gasteiger partial charge in [0, 0.05) is 24.9 Å². The zero-order chi connectivity index (χ0) is 17.1. The lowest BCUT2D eigenvalue weighted by molar-refractivity contribution is -0.166. The van der Waals surface area contributed by atoms with Crippen molar-refractivity contribution in [1.82, 2.24) is 10.2 Å². The Hall–Kier alpha value is -0.760. The fourth-order valence-corrected chi connectivity index (χ4v) is 3.74. The van der Waals surface area contributed by atoms with Gasteiger partial charge in [-0.25, -0.2) is 0 Å². The molecule has 0 aliphatic heterocycles. The third kappa shape index (κ3) is 4.07. The second kappa shape index (κ2) is 8.56. The van der Waals surface area contributed by atoms with E-state index in [2.05, 4.69) is 22.4 Å². The number of rotatable bonds is 8. The minimum atomic E-state index is -0.930. The van der Waals surface area contributed by atoms with E-state index in [0.717, 1.165) is 17.8 Å². The number of carbonyl (C=O) groups excluding carboxylic acids is 1. The molecule has 2 rings (SSSR count). The SMILES string of the molecule is CCCCCc1nnc(NC(=O)C2(N)CC(OCC)C2(C)C)s1.Cl. The first kappa shape index (κ1) is 21.3. The van der Waals surface area contributed by atoms with Crippen LogP contribution in [0.15, 0.2) is 0 Å². The molecule has 2 unspecified atom stereocenters. The lowest BCUT2D eigenvalue weighted by Gasteiger charge is -2.57. The largest absolute Gasteiger partial charge is 0.378 e. The van der Waals surface area contributed by atoms with Crippen LogP contribution < -0.4 is 11.1 Å². The van der Waals surface area contributed by atoms with E-state index in [1.165, 1.54) is 24.2 Å². The maximum atomic E-state index is 12.6. The van der Waals surface area contributed by atoms with E-state index in [1.807, 2.05) is 20.8 Å².